The Morgan fingerprint density at radius 3 is 2.50 bits per heavy atom. The van der Waals surface area contributed by atoms with Crippen molar-refractivity contribution in [1.29, 1.82) is 0 Å². The normalized spacial score (nSPS) is 13.0. The highest BCUT2D eigenvalue weighted by Gasteiger charge is 2.25. The minimum atomic E-state index is -0.158. The molecule has 0 saturated heterocycles. The zero-order valence-corrected chi connectivity index (χ0v) is 15.7. The number of nitrogens with one attached hydrogen (secondary N) is 2. The molecule has 2 N–H and O–H groups in total. The van der Waals surface area contributed by atoms with Crippen molar-refractivity contribution in [3.63, 3.8) is 0 Å². The largest absolute Gasteiger partial charge is 0.497 e. The van der Waals surface area contributed by atoms with Crippen LogP contribution in [0.15, 0.2) is 60.7 Å². The van der Waals surface area contributed by atoms with Crippen LogP contribution in [-0.2, 0) is 6.54 Å². The molecule has 1 amide bonds. The predicted octanol–water partition coefficient (Wildman–Crippen LogP) is 3.66. The topological polar surface area (TPSA) is 76.1 Å². The maximum Gasteiger partial charge on any atom is 0.270 e. The summed E-state index contributed by atoms with van der Waals surface area (Å²) in [5.41, 5.74) is 2.33. The highest BCUT2D eigenvalue weighted by Crippen LogP contribution is 2.22. The van der Waals surface area contributed by atoms with Crippen molar-refractivity contribution in [2.24, 2.45) is 0 Å². The molecule has 0 bridgehead atoms. The Kier molecular flexibility index (Phi) is 5.19. The predicted molar refractivity (Wildman–Crippen MR) is 108 cm³/mol. The third-order valence-electron chi connectivity index (χ3n) is 4.54. The molecule has 1 heterocycles. The van der Waals surface area contributed by atoms with Crippen LogP contribution in [0.4, 0.5) is 5.82 Å². The van der Waals surface area contributed by atoms with E-state index in [0.717, 1.165) is 29.7 Å². The molecule has 4 rings (SSSR count). The van der Waals surface area contributed by atoms with Gasteiger partial charge in [-0.2, -0.15) is 0 Å². The first-order chi connectivity index (χ1) is 13.7. The molecule has 0 radical (unpaired) electrons. The number of hydrogen-bond donors (Lipinski definition) is 2. The molecular formula is C22H22N4O2. The van der Waals surface area contributed by atoms with Gasteiger partial charge in [0.05, 0.1) is 7.11 Å². The third-order valence-corrected chi connectivity index (χ3v) is 4.54. The summed E-state index contributed by atoms with van der Waals surface area (Å²) in [4.78, 5) is 21.6. The maximum atomic E-state index is 12.5. The summed E-state index contributed by atoms with van der Waals surface area (Å²) in [5.74, 6) is 1.80. The van der Waals surface area contributed by atoms with E-state index in [0.29, 0.717) is 23.9 Å². The summed E-state index contributed by atoms with van der Waals surface area (Å²) in [6.45, 7) is 0.582. The Balaban J connectivity index is 1.58. The second-order valence-electron chi connectivity index (χ2n) is 6.78. The molecule has 0 aliphatic heterocycles. The highest BCUT2D eigenvalue weighted by atomic mass is 16.5. The minimum absolute atomic E-state index is 0.158. The average molecular weight is 374 g/mol. The number of carbonyl (C=O) groups is 1. The molecule has 3 aromatic rings. The van der Waals surface area contributed by atoms with Gasteiger partial charge in [-0.1, -0.05) is 42.5 Å². The second kappa shape index (κ2) is 8.08. The molecule has 0 spiro atoms. The first-order valence-corrected chi connectivity index (χ1v) is 9.33. The number of methoxy groups -OCH3 is 1. The Hall–Kier alpha value is -3.41. The molecular weight excluding hydrogens is 352 g/mol. The van der Waals surface area contributed by atoms with Gasteiger partial charge in [-0.3, -0.25) is 4.79 Å². The van der Waals surface area contributed by atoms with Crippen LogP contribution in [0.25, 0.3) is 11.4 Å². The van der Waals surface area contributed by atoms with Gasteiger partial charge in [0.2, 0.25) is 0 Å². The summed E-state index contributed by atoms with van der Waals surface area (Å²) in [6.07, 6.45) is 2.07. The number of carbonyl (C=O) groups excluding carboxylic acids is 1. The smallest absolute Gasteiger partial charge is 0.270 e. The Labute approximate surface area is 164 Å². The van der Waals surface area contributed by atoms with Crippen LogP contribution < -0.4 is 15.4 Å². The van der Waals surface area contributed by atoms with Crippen molar-refractivity contribution in [2.75, 3.05) is 12.4 Å². The lowest BCUT2D eigenvalue weighted by Crippen LogP contribution is -2.26. The molecule has 0 unspecified atom stereocenters. The molecule has 1 fully saturated rings. The van der Waals surface area contributed by atoms with Crippen molar-refractivity contribution in [3.8, 4) is 17.1 Å². The zero-order valence-electron chi connectivity index (χ0n) is 15.7. The van der Waals surface area contributed by atoms with Gasteiger partial charge < -0.3 is 15.4 Å². The summed E-state index contributed by atoms with van der Waals surface area (Å²) in [6, 6.07) is 19.5. The molecule has 1 aliphatic rings. The van der Waals surface area contributed by atoms with Gasteiger partial charge in [-0.15, -0.1) is 0 Å². The van der Waals surface area contributed by atoms with Gasteiger partial charge in [-0.05, 0) is 30.5 Å². The molecule has 2 aromatic carbocycles. The molecule has 1 aromatic heterocycles. The van der Waals surface area contributed by atoms with E-state index in [9.17, 15) is 4.79 Å². The van der Waals surface area contributed by atoms with Crippen LogP contribution in [0, 0.1) is 0 Å². The summed E-state index contributed by atoms with van der Waals surface area (Å²) < 4.78 is 5.19. The van der Waals surface area contributed by atoms with Crippen LogP contribution >= 0.6 is 0 Å². The van der Waals surface area contributed by atoms with Gasteiger partial charge >= 0.3 is 0 Å². The fraction of sp³-hybridized carbons (Fsp3) is 0.227. The Morgan fingerprint density at radius 1 is 1.07 bits per heavy atom. The van der Waals surface area contributed by atoms with E-state index in [1.165, 1.54) is 0 Å². The highest BCUT2D eigenvalue weighted by molar-refractivity contribution is 5.93. The SMILES string of the molecule is COc1ccc(CNc2cc(C(=O)NC3CC3)nc(-c3ccccc3)n2)cc1. The van der Waals surface area contributed by atoms with Gasteiger partial charge in [0.1, 0.15) is 17.3 Å². The summed E-state index contributed by atoms with van der Waals surface area (Å²) >= 11 is 0. The number of rotatable bonds is 7. The zero-order chi connectivity index (χ0) is 19.3. The van der Waals surface area contributed by atoms with Gasteiger partial charge in [-0.25, -0.2) is 9.97 Å². The van der Waals surface area contributed by atoms with Crippen molar-refractivity contribution >= 4 is 11.7 Å². The van der Waals surface area contributed by atoms with Crippen molar-refractivity contribution in [2.45, 2.75) is 25.4 Å². The van der Waals surface area contributed by atoms with Crippen LogP contribution in [0.1, 0.15) is 28.9 Å². The maximum absolute atomic E-state index is 12.5. The monoisotopic (exact) mass is 374 g/mol. The molecule has 0 atom stereocenters. The summed E-state index contributed by atoms with van der Waals surface area (Å²) in [5, 5.41) is 6.29. The fourth-order valence-corrected chi connectivity index (χ4v) is 2.79. The average Bonchev–Trinajstić information content (AvgIpc) is 3.57. The number of amides is 1. The van der Waals surface area contributed by atoms with Crippen molar-refractivity contribution in [1.82, 2.24) is 15.3 Å². The molecule has 142 valence electrons. The molecule has 6 nitrogen and oxygen atoms in total. The molecule has 1 aliphatic carbocycles. The molecule has 28 heavy (non-hydrogen) atoms. The summed E-state index contributed by atoms with van der Waals surface area (Å²) in [7, 11) is 1.65. The van der Waals surface area contributed by atoms with Gasteiger partial charge in [0.25, 0.3) is 5.91 Å². The minimum Gasteiger partial charge on any atom is -0.497 e. The number of benzene rings is 2. The van der Waals surface area contributed by atoms with Gasteiger partial charge in [0.15, 0.2) is 5.82 Å². The quantitative estimate of drug-likeness (QED) is 0.660. The molecule has 1 saturated carbocycles. The lowest BCUT2D eigenvalue weighted by atomic mass is 10.2. The Bertz CT molecular complexity index is 954. The Morgan fingerprint density at radius 2 is 1.82 bits per heavy atom. The number of hydrogen-bond acceptors (Lipinski definition) is 5. The van der Waals surface area contributed by atoms with E-state index in [4.69, 9.17) is 4.74 Å². The number of aromatic nitrogens is 2. The van der Waals surface area contributed by atoms with E-state index < -0.39 is 0 Å². The second-order valence-corrected chi connectivity index (χ2v) is 6.78. The lowest BCUT2D eigenvalue weighted by Gasteiger charge is -2.11. The van der Waals surface area contributed by atoms with E-state index in [2.05, 4.69) is 20.6 Å². The van der Waals surface area contributed by atoms with Gasteiger partial charge in [0, 0.05) is 24.2 Å². The van der Waals surface area contributed by atoms with E-state index in [1.54, 1.807) is 13.2 Å². The first kappa shape index (κ1) is 18.0. The molecule has 6 heteroatoms. The van der Waals surface area contributed by atoms with Crippen LogP contribution in [0.2, 0.25) is 0 Å². The van der Waals surface area contributed by atoms with E-state index >= 15 is 0 Å². The standard InChI is InChI=1S/C22H22N4O2/c1-28-18-11-7-15(8-12-18)14-23-20-13-19(22(27)24-17-9-10-17)25-21(26-20)16-5-3-2-4-6-16/h2-8,11-13,17H,9-10,14H2,1H3,(H,24,27)(H,23,25,26). The third kappa shape index (κ3) is 4.46. The van der Waals surface area contributed by atoms with E-state index in [1.807, 2.05) is 54.6 Å². The van der Waals surface area contributed by atoms with Crippen LogP contribution in [0.3, 0.4) is 0 Å². The fourth-order valence-electron chi connectivity index (χ4n) is 2.79. The van der Waals surface area contributed by atoms with Crippen molar-refractivity contribution < 1.29 is 9.53 Å². The number of nitrogens with zero attached hydrogens (tertiary/aromatic N) is 2. The van der Waals surface area contributed by atoms with Crippen LogP contribution in [0.5, 0.6) is 5.75 Å². The lowest BCUT2D eigenvalue weighted by molar-refractivity contribution is 0.0946. The van der Waals surface area contributed by atoms with E-state index in [-0.39, 0.29) is 11.9 Å². The number of ether oxygens (including phenoxy) is 1. The first-order valence-electron chi connectivity index (χ1n) is 9.33. The van der Waals surface area contributed by atoms with Crippen molar-refractivity contribution in [3.05, 3.63) is 71.9 Å². The number of anilines is 1. The van der Waals surface area contributed by atoms with Crippen LogP contribution in [-0.4, -0.2) is 29.0 Å².